The predicted octanol–water partition coefficient (Wildman–Crippen LogP) is 3.41. The Morgan fingerprint density at radius 2 is 2.04 bits per heavy atom. The van der Waals surface area contributed by atoms with Gasteiger partial charge in [-0.1, -0.05) is 36.8 Å². The Morgan fingerprint density at radius 1 is 1.26 bits per heavy atom. The third-order valence-corrected chi connectivity index (χ3v) is 7.72. The highest BCUT2D eigenvalue weighted by Crippen LogP contribution is 2.52. The molecule has 1 aromatic carbocycles. The van der Waals surface area contributed by atoms with E-state index >= 15 is 0 Å². The number of thioether (sulfide) groups is 1. The van der Waals surface area contributed by atoms with Crippen LogP contribution in [0.4, 0.5) is 0 Å². The number of fused-ring (bicyclic) bond motifs is 3. The second-order valence-corrected chi connectivity index (χ2v) is 9.38. The molecule has 0 spiro atoms. The highest BCUT2D eigenvalue weighted by atomic mass is 32.2. The summed E-state index contributed by atoms with van der Waals surface area (Å²) < 4.78 is 5.82. The third kappa shape index (κ3) is 3.25. The molecule has 144 valence electrons. The van der Waals surface area contributed by atoms with Crippen molar-refractivity contribution in [3.63, 3.8) is 0 Å². The van der Waals surface area contributed by atoms with E-state index in [1.165, 1.54) is 5.56 Å². The number of aliphatic hydroxyl groups excluding tert-OH is 1. The van der Waals surface area contributed by atoms with Crippen molar-refractivity contribution >= 4 is 23.5 Å². The van der Waals surface area contributed by atoms with Gasteiger partial charge in [-0.25, -0.2) is 0 Å². The summed E-state index contributed by atoms with van der Waals surface area (Å²) in [6, 6.07) is 8.19. The lowest BCUT2D eigenvalue weighted by Crippen LogP contribution is -2.38. The summed E-state index contributed by atoms with van der Waals surface area (Å²) in [6.45, 7) is 8.13. The van der Waals surface area contributed by atoms with Crippen LogP contribution in [-0.4, -0.2) is 34.8 Å². The first-order chi connectivity index (χ1) is 12.9. The first-order valence-corrected chi connectivity index (χ1v) is 10.6. The number of benzene rings is 1. The maximum atomic E-state index is 12.7. The lowest BCUT2D eigenvalue weighted by atomic mass is 9.77. The van der Waals surface area contributed by atoms with Gasteiger partial charge in [-0.3, -0.25) is 9.59 Å². The molecule has 7 atom stereocenters. The maximum absolute atomic E-state index is 12.7. The molecule has 3 fully saturated rings. The smallest absolute Gasteiger partial charge is 0.310 e. The molecule has 2 aliphatic carbocycles. The number of carbonyl (C=O) groups excluding carboxylic acids is 2. The molecule has 4 nitrogen and oxygen atoms in total. The summed E-state index contributed by atoms with van der Waals surface area (Å²) in [7, 11) is 0. The number of ether oxygens (including phenoxy) is 1. The van der Waals surface area contributed by atoms with E-state index in [0.29, 0.717) is 18.6 Å². The Kier molecular flexibility index (Phi) is 4.93. The molecule has 5 heteroatoms. The van der Waals surface area contributed by atoms with Crippen molar-refractivity contribution in [2.24, 2.45) is 29.6 Å². The molecule has 0 radical (unpaired) electrons. The third-order valence-electron chi connectivity index (χ3n) is 6.61. The average Bonchev–Trinajstić information content (AvgIpc) is 3.06. The number of esters is 1. The Bertz CT molecular complexity index is 788. The number of aliphatic hydroxyl groups is 1. The Hall–Kier alpha value is -1.59. The topological polar surface area (TPSA) is 63.6 Å². The first kappa shape index (κ1) is 18.8. The zero-order valence-corrected chi connectivity index (χ0v) is 16.6. The van der Waals surface area contributed by atoms with E-state index in [1.54, 1.807) is 11.8 Å². The molecule has 3 aliphatic rings. The van der Waals surface area contributed by atoms with Gasteiger partial charge in [0.2, 0.25) is 0 Å². The van der Waals surface area contributed by atoms with Crippen LogP contribution in [0.3, 0.4) is 0 Å². The molecule has 0 amide bonds. The highest BCUT2D eigenvalue weighted by Gasteiger charge is 2.58. The van der Waals surface area contributed by atoms with Crippen LogP contribution in [0.15, 0.2) is 41.3 Å². The van der Waals surface area contributed by atoms with Gasteiger partial charge in [0, 0.05) is 34.8 Å². The molecular formula is C22H26O4S. The number of aryl methyl sites for hydroxylation is 1. The number of hydrogen-bond donors (Lipinski definition) is 1. The first-order valence-electron chi connectivity index (χ1n) is 9.65. The second-order valence-electron chi connectivity index (χ2n) is 8.29. The fraction of sp³-hybridized carbons (Fsp3) is 0.545. The van der Waals surface area contributed by atoms with Gasteiger partial charge >= 0.3 is 5.97 Å². The van der Waals surface area contributed by atoms with Gasteiger partial charge in [0.15, 0.2) is 0 Å². The van der Waals surface area contributed by atoms with E-state index in [4.69, 9.17) is 4.74 Å². The van der Waals surface area contributed by atoms with Crippen molar-refractivity contribution in [2.45, 2.75) is 43.8 Å². The number of rotatable bonds is 3. The normalized spacial score (nSPS) is 38.3. The van der Waals surface area contributed by atoms with Gasteiger partial charge in [0.25, 0.3) is 0 Å². The summed E-state index contributed by atoms with van der Waals surface area (Å²) >= 11 is 1.63. The van der Waals surface area contributed by atoms with E-state index in [0.717, 1.165) is 10.5 Å². The Labute approximate surface area is 164 Å². The van der Waals surface area contributed by atoms with Crippen LogP contribution in [0.1, 0.15) is 25.3 Å². The summed E-state index contributed by atoms with van der Waals surface area (Å²) in [5.74, 6) is -0.247. The molecule has 1 N–H and O–H groups in total. The number of ketones is 1. The highest BCUT2D eigenvalue weighted by molar-refractivity contribution is 7.99. The van der Waals surface area contributed by atoms with Crippen LogP contribution < -0.4 is 0 Å². The molecule has 4 rings (SSSR count). The minimum atomic E-state index is -0.648. The zero-order chi connectivity index (χ0) is 19.3. The Balaban J connectivity index is 1.59. The van der Waals surface area contributed by atoms with Gasteiger partial charge in [-0.2, -0.15) is 0 Å². The molecule has 0 aromatic heterocycles. The second kappa shape index (κ2) is 7.10. The molecule has 1 heterocycles. The van der Waals surface area contributed by atoms with E-state index < -0.39 is 6.10 Å². The summed E-state index contributed by atoms with van der Waals surface area (Å²) in [5.41, 5.74) is 2.11. The van der Waals surface area contributed by atoms with Gasteiger partial charge in [0.1, 0.15) is 11.9 Å². The van der Waals surface area contributed by atoms with Gasteiger partial charge in [0.05, 0.1) is 12.0 Å². The minimum absolute atomic E-state index is 0.0214. The van der Waals surface area contributed by atoms with E-state index in [9.17, 15) is 14.7 Å². The van der Waals surface area contributed by atoms with Crippen LogP contribution in [0, 0.1) is 36.5 Å². The average molecular weight is 387 g/mol. The molecule has 0 unspecified atom stereocenters. The summed E-state index contributed by atoms with van der Waals surface area (Å²) in [6.07, 6.45) is -0.128. The van der Waals surface area contributed by atoms with Gasteiger partial charge < -0.3 is 9.84 Å². The maximum Gasteiger partial charge on any atom is 0.310 e. The molecule has 0 bridgehead atoms. The minimum Gasteiger partial charge on any atom is -0.461 e. The lowest BCUT2D eigenvalue weighted by Gasteiger charge is -2.29. The largest absolute Gasteiger partial charge is 0.461 e. The van der Waals surface area contributed by atoms with Crippen LogP contribution >= 0.6 is 11.8 Å². The monoisotopic (exact) mass is 386 g/mol. The van der Waals surface area contributed by atoms with Crippen LogP contribution in [-0.2, 0) is 14.3 Å². The van der Waals surface area contributed by atoms with Crippen molar-refractivity contribution < 1.29 is 19.4 Å². The summed E-state index contributed by atoms with van der Waals surface area (Å²) in [5, 5.41) is 10.9. The SMILES string of the molecule is C=C1C[C@H](O)[C@@H]2[C@@H](OC(=O)[C@H]2CSc2cccc(C)c2)[C@H]2[C@H](C)C(=O)C[C@@H]12. The van der Waals surface area contributed by atoms with Crippen molar-refractivity contribution in [3.8, 4) is 0 Å². The molecule has 1 aromatic rings. The number of hydrogen-bond acceptors (Lipinski definition) is 5. The van der Waals surface area contributed by atoms with E-state index in [1.807, 2.05) is 32.0 Å². The molecule has 1 saturated heterocycles. The fourth-order valence-electron chi connectivity index (χ4n) is 5.17. The standard InChI is InChI=1S/C22H26O4S/c1-11-5-4-6-14(7-11)27-10-16-20-18(24)8-12(2)15-9-17(23)13(3)19(15)21(20)26-22(16)25/h4-7,13,15-16,18-21,24H,2,8-10H2,1,3H3/t13-,15+,16+,18+,19+,20-,21+/m1/s1. The zero-order valence-electron chi connectivity index (χ0n) is 15.8. The molecule has 1 aliphatic heterocycles. The van der Waals surface area contributed by atoms with E-state index in [-0.39, 0.29) is 47.4 Å². The number of carbonyl (C=O) groups is 2. The van der Waals surface area contributed by atoms with Crippen LogP contribution in [0.25, 0.3) is 0 Å². The number of Topliss-reactive ketones (excluding diaryl/α,β-unsaturated/α-hetero) is 1. The van der Waals surface area contributed by atoms with Crippen molar-refractivity contribution in [1.29, 1.82) is 0 Å². The molecule has 2 saturated carbocycles. The lowest BCUT2D eigenvalue weighted by molar-refractivity contribution is -0.146. The van der Waals surface area contributed by atoms with Crippen molar-refractivity contribution in [1.82, 2.24) is 0 Å². The van der Waals surface area contributed by atoms with Crippen molar-refractivity contribution in [3.05, 3.63) is 42.0 Å². The van der Waals surface area contributed by atoms with Gasteiger partial charge in [-0.15, -0.1) is 11.8 Å². The molecular weight excluding hydrogens is 360 g/mol. The van der Waals surface area contributed by atoms with Gasteiger partial charge in [-0.05, 0) is 31.4 Å². The van der Waals surface area contributed by atoms with E-state index in [2.05, 4.69) is 12.6 Å². The predicted molar refractivity (Wildman–Crippen MR) is 104 cm³/mol. The quantitative estimate of drug-likeness (QED) is 0.490. The Morgan fingerprint density at radius 3 is 2.78 bits per heavy atom. The molecule has 27 heavy (non-hydrogen) atoms. The van der Waals surface area contributed by atoms with Crippen molar-refractivity contribution in [2.75, 3.05) is 5.75 Å². The fourth-order valence-corrected chi connectivity index (χ4v) is 6.34. The van der Waals surface area contributed by atoms with Crippen LogP contribution in [0.5, 0.6) is 0 Å². The summed E-state index contributed by atoms with van der Waals surface area (Å²) in [4.78, 5) is 26.1. The van der Waals surface area contributed by atoms with Crippen LogP contribution in [0.2, 0.25) is 0 Å².